The summed E-state index contributed by atoms with van der Waals surface area (Å²) in [5.74, 6) is -0.315. The minimum Gasteiger partial charge on any atom is -0.322 e. The second kappa shape index (κ2) is 8.19. The summed E-state index contributed by atoms with van der Waals surface area (Å²) in [6.45, 7) is 1.91. The number of hydrogen-bond donors (Lipinski definition) is 1. The normalized spacial score (nSPS) is 11.3. The van der Waals surface area contributed by atoms with Crippen LogP contribution >= 0.6 is 15.9 Å². The van der Waals surface area contributed by atoms with Gasteiger partial charge >= 0.3 is 6.18 Å². The van der Waals surface area contributed by atoms with Crippen LogP contribution in [0, 0.1) is 6.92 Å². The molecule has 3 rings (SSSR count). The Kier molecular flexibility index (Phi) is 5.89. The zero-order valence-corrected chi connectivity index (χ0v) is 16.6. The van der Waals surface area contributed by atoms with Gasteiger partial charge in [0.05, 0.1) is 5.56 Å². The number of benzene rings is 3. The molecule has 0 saturated heterocycles. The number of rotatable bonds is 4. The molecule has 1 amide bonds. The number of anilines is 1. The van der Waals surface area contributed by atoms with Crippen LogP contribution in [0.4, 0.5) is 18.9 Å². The van der Waals surface area contributed by atoms with Crippen molar-refractivity contribution >= 4 is 27.5 Å². The molecule has 144 valence electrons. The van der Waals surface area contributed by atoms with E-state index in [2.05, 4.69) is 21.2 Å². The summed E-state index contributed by atoms with van der Waals surface area (Å²) in [5, 5.41) is 3.61. The zero-order valence-electron chi connectivity index (χ0n) is 15.0. The minimum absolute atomic E-state index is 0.315. The summed E-state index contributed by atoms with van der Waals surface area (Å²) in [6, 6.07) is 17.4. The van der Waals surface area contributed by atoms with E-state index < -0.39 is 11.7 Å². The van der Waals surface area contributed by atoms with Gasteiger partial charge in [0, 0.05) is 16.6 Å². The largest absolute Gasteiger partial charge is 0.416 e. The van der Waals surface area contributed by atoms with E-state index in [0.29, 0.717) is 22.4 Å². The SMILES string of the molecule is Cc1cc(CBr)ccc1NC(=O)c1ccccc1-c1ccc(C(F)(F)F)cc1. The maximum Gasteiger partial charge on any atom is 0.416 e. The molecule has 2 nitrogen and oxygen atoms in total. The molecule has 6 heteroatoms. The van der Waals surface area contributed by atoms with Crippen molar-refractivity contribution in [1.82, 2.24) is 0 Å². The molecule has 3 aromatic carbocycles. The average molecular weight is 448 g/mol. The van der Waals surface area contributed by atoms with E-state index in [9.17, 15) is 18.0 Å². The molecule has 3 aromatic rings. The van der Waals surface area contributed by atoms with E-state index in [0.717, 1.165) is 28.6 Å². The van der Waals surface area contributed by atoms with Gasteiger partial charge in [-0.2, -0.15) is 13.2 Å². The Hall–Kier alpha value is -2.60. The third-order valence-corrected chi connectivity index (χ3v) is 5.04. The van der Waals surface area contributed by atoms with Crippen LogP contribution in [0.1, 0.15) is 27.0 Å². The van der Waals surface area contributed by atoms with Crippen LogP contribution in [0.15, 0.2) is 66.7 Å². The molecule has 28 heavy (non-hydrogen) atoms. The van der Waals surface area contributed by atoms with Crippen molar-refractivity contribution in [3.8, 4) is 11.1 Å². The van der Waals surface area contributed by atoms with Gasteiger partial charge in [-0.3, -0.25) is 4.79 Å². The van der Waals surface area contributed by atoms with Crippen molar-refractivity contribution in [3.05, 3.63) is 89.0 Å². The fourth-order valence-electron chi connectivity index (χ4n) is 2.91. The Labute approximate surface area is 169 Å². The van der Waals surface area contributed by atoms with Crippen LogP contribution < -0.4 is 5.32 Å². The van der Waals surface area contributed by atoms with Gasteiger partial charge in [0.15, 0.2) is 0 Å². The molecule has 0 aliphatic heterocycles. The summed E-state index contributed by atoms with van der Waals surface area (Å²) >= 11 is 3.40. The van der Waals surface area contributed by atoms with Gasteiger partial charge in [-0.15, -0.1) is 0 Å². The van der Waals surface area contributed by atoms with Crippen molar-refractivity contribution < 1.29 is 18.0 Å². The summed E-state index contributed by atoms with van der Waals surface area (Å²) in [6.07, 6.45) is -4.39. The number of alkyl halides is 4. The van der Waals surface area contributed by atoms with Gasteiger partial charge in [-0.25, -0.2) is 0 Å². The highest BCUT2D eigenvalue weighted by atomic mass is 79.9. The molecule has 0 saturated carbocycles. The Morgan fingerprint density at radius 3 is 2.29 bits per heavy atom. The molecule has 0 aromatic heterocycles. The van der Waals surface area contributed by atoms with Gasteiger partial charge in [0.2, 0.25) is 0 Å². The van der Waals surface area contributed by atoms with Crippen LogP contribution in [0.25, 0.3) is 11.1 Å². The first-order valence-electron chi connectivity index (χ1n) is 8.53. The molecule has 0 unspecified atom stereocenters. The van der Waals surface area contributed by atoms with Gasteiger partial charge < -0.3 is 5.32 Å². The van der Waals surface area contributed by atoms with Crippen LogP contribution in [-0.2, 0) is 11.5 Å². The molecule has 0 radical (unpaired) electrons. The first kappa shape index (κ1) is 20.1. The van der Waals surface area contributed by atoms with E-state index in [1.807, 2.05) is 25.1 Å². The maximum atomic E-state index is 12.8. The second-order valence-corrected chi connectivity index (χ2v) is 6.92. The smallest absolute Gasteiger partial charge is 0.322 e. The van der Waals surface area contributed by atoms with Crippen LogP contribution in [0.3, 0.4) is 0 Å². The van der Waals surface area contributed by atoms with E-state index in [1.54, 1.807) is 24.3 Å². The third-order valence-electron chi connectivity index (χ3n) is 4.39. The number of carbonyl (C=O) groups excluding carboxylic acids is 1. The fourth-order valence-corrected chi connectivity index (χ4v) is 3.26. The van der Waals surface area contributed by atoms with Crippen LogP contribution in [0.5, 0.6) is 0 Å². The molecule has 0 fully saturated rings. The van der Waals surface area contributed by atoms with Crippen molar-refractivity contribution in [2.24, 2.45) is 0 Å². The lowest BCUT2D eigenvalue weighted by Gasteiger charge is -2.13. The molecule has 0 aliphatic carbocycles. The topological polar surface area (TPSA) is 29.1 Å². The summed E-state index contributed by atoms with van der Waals surface area (Å²) in [7, 11) is 0. The van der Waals surface area contributed by atoms with E-state index in [1.165, 1.54) is 12.1 Å². The molecule has 0 atom stereocenters. The van der Waals surface area contributed by atoms with Gasteiger partial charge in [-0.1, -0.05) is 58.4 Å². The molecule has 0 bridgehead atoms. The zero-order chi connectivity index (χ0) is 20.3. The maximum absolute atomic E-state index is 12.8. The van der Waals surface area contributed by atoms with Crippen LogP contribution in [0.2, 0.25) is 0 Å². The lowest BCUT2D eigenvalue weighted by atomic mass is 9.98. The third kappa shape index (κ3) is 4.44. The van der Waals surface area contributed by atoms with Gasteiger partial charge in [0.25, 0.3) is 5.91 Å². The number of halogens is 4. The summed E-state index contributed by atoms with van der Waals surface area (Å²) in [5.41, 5.74) is 3.51. The monoisotopic (exact) mass is 447 g/mol. The molecular weight excluding hydrogens is 431 g/mol. The Morgan fingerprint density at radius 1 is 1.00 bits per heavy atom. The molecule has 0 spiro atoms. The molecule has 1 N–H and O–H groups in total. The number of hydrogen-bond acceptors (Lipinski definition) is 1. The fraction of sp³-hybridized carbons (Fsp3) is 0.136. The lowest BCUT2D eigenvalue weighted by molar-refractivity contribution is -0.137. The van der Waals surface area contributed by atoms with Gasteiger partial charge in [0.1, 0.15) is 0 Å². The van der Waals surface area contributed by atoms with E-state index in [-0.39, 0.29) is 5.91 Å². The standard InChI is InChI=1S/C22H17BrF3NO/c1-14-12-15(13-23)6-11-20(14)27-21(28)19-5-3-2-4-18(19)16-7-9-17(10-8-16)22(24,25)26/h2-12H,13H2,1H3,(H,27,28). The number of aryl methyl sites for hydroxylation is 1. The summed E-state index contributed by atoms with van der Waals surface area (Å²) < 4.78 is 38.4. The molecule has 0 heterocycles. The number of nitrogens with one attached hydrogen (secondary N) is 1. The Morgan fingerprint density at radius 2 is 1.68 bits per heavy atom. The minimum atomic E-state index is -4.39. The average Bonchev–Trinajstić information content (AvgIpc) is 2.69. The summed E-state index contributed by atoms with van der Waals surface area (Å²) in [4.78, 5) is 12.8. The first-order valence-corrected chi connectivity index (χ1v) is 9.65. The van der Waals surface area contributed by atoms with E-state index in [4.69, 9.17) is 0 Å². The molecular formula is C22H17BrF3NO. The highest BCUT2D eigenvalue weighted by molar-refractivity contribution is 9.08. The first-order chi connectivity index (χ1) is 13.3. The van der Waals surface area contributed by atoms with Crippen LogP contribution in [-0.4, -0.2) is 5.91 Å². The van der Waals surface area contributed by atoms with E-state index >= 15 is 0 Å². The number of amides is 1. The van der Waals surface area contributed by atoms with Crippen molar-refractivity contribution in [1.29, 1.82) is 0 Å². The van der Waals surface area contributed by atoms with Crippen molar-refractivity contribution in [2.45, 2.75) is 18.4 Å². The van der Waals surface area contributed by atoms with Crippen molar-refractivity contribution in [2.75, 3.05) is 5.32 Å². The van der Waals surface area contributed by atoms with Gasteiger partial charge in [-0.05, 0) is 53.4 Å². The van der Waals surface area contributed by atoms with Crippen molar-refractivity contribution in [3.63, 3.8) is 0 Å². The Bertz CT molecular complexity index is 997. The highest BCUT2D eigenvalue weighted by Crippen LogP contribution is 2.32. The molecule has 0 aliphatic rings. The lowest BCUT2D eigenvalue weighted by Crippen LogP contribution is -2.14. The number of carbonyl (C=O) groups is 1. The predicted octanol–water partition coefficient (Wildman–Crippen LogP) is 6.83. The second-order valence-electron chi connectivity index (χ2n) is 6.36. The predicted molar refractivity (Wildman–Crippen MR) is 109 cm³/mol. The Balaban J connectivity index is 1.91. The quantitative estimate of drug-likeness (QED) is 0.436. The highest BCUT2D eigenvalue weighted by Gasteiger charge is 2.30.